The van der Waals surface area contributed by atoms with Gasteiger partial charge in [-0.1, -0.05) is 273 Å². The number of phenols is 10. The van der Waals surface area contributed by atoms with E-state index < -0.39 is 27.4 Å². The van der Waals surface area contributed by atoms with Crippen molar-refractivity contribution in [2.24, 2.45) is 0 Å². The van der Waals surface area contributed by atoms with E-state index in [1.54, 1.807) is 232 Å². The molecule has 10 N–H and O–H groups in total. The fourth-order valence-electron chi connectivity index (χ4n) is 13.6. The number of pyridine rings is 5. The van der Waals surface area contributed by atoms with Crippen molar-refractivity contribution in [1.82, 2.24) is 24.9 Å². The molecule has 0 spiro atoms. The molecule has 0 aliphatic rings. The first-order valence-corrected chi connectivity index (χ1v) is 44.5. The third-order valence-electron chi connectivity index (χ3n) is 21.0. The predicted molar refractivity (Wildman–Crippen MR) is 572 cm³/mol. The second-order valence-electron chi connectivity index (χ2n) is 31.0. The van der Waals surface area contributed by atoms with E-state index in [1.807, 2.05) is 182 Å². The van der Waals surface area contributed by atoms with E-state index in [0.717, 1.165) is 50.6 Å². The van der Waals surface area contributed by atoms with Gasteiger partial charge in [0.1, 0.15) is 57.5 Å². The molecule has 754 valence electrons. The number of aromatic nitrogens is 5. The van der Waals surface area contributed by atoms with Gasteiger partial charge in [-0.15, -0.1) is 179 Å². The summed E-state index contributed by atoms with van der Waals surface area (Å²) < 4.78 is 87.5. The van der Waals surface area contributed by atoms with E-state index in [-0.39, 0.29) is 180 Å². The van der Waals surface area contributed by atoms with E-state index in [9.17, 15) is 51.1 Å². The maximum atomic E-state index is 9.58. The second-order valence-corrected chi connectivity index (χ2v) is 31.0. The molecular weight excluding hydrogens is 2730 g/mol. The molecule has 0 atom stereocenters. The van der Waals surface area contributed by atoms with Gasteiger partial charge in [-0.25, -0.2) is 0 Å². The topological polar surface area (TPSA) is 267 Å². The standard InChI is InChI=1S/C18H14N.2C13H12N.C12H10N.5C12H10O2.C11H8N.5Pt/c1-14-7-9-15(10-8-14)17-11-12-19-18(13-17)16-5-3-2-4-6-16;1-10-3-6-12(7-4-10)13-8-5-11(2)9-14-13;1-10-8-13(14-9-11(10)2)12-6-4-3-5-7-12;1-10-7-8-12(13-9-10)11-5-3-2-4-6-11;5*13-11-7-3-1-5-9(11)10-6-2-4-8-12(10)14;1-2-6-10(7-3-1)11-8-4-5-9-12-11;;;;;/h2-5,7-13H,1H3;2*3-6,8-9H,1-2H3;2-5,7-9H,1H3;5*1-8,13-14H;1-6,8-9H;;;;;/q4*-1;;;;;;-1;;;;;/i;1D3,2D3;2D3;1D3;;;;;;;;;;;. The average Bonchev–Trinajstić information content (AvgIpc) is 0.810. The van der Waals surface area contributed by atoms with Crippen LogP contribution in [-0.2, 0) is 105 Å². The Morgan fingerprint density at radius 1 is 0.190 bits per heavy atom. The molecule has 0 radical (unpaired) electrons. The van der Waals surface area contributed by atoms with Crippen LogP contribution in [0.2, 0.25) is 0 Å². The van der Waals surface area contributed by atoms with Crippen molar-refractivity contribution in [2.45, 2.75) is 41.3 Å². The summed E-state index contributed by atoms with van der Waals surface area (Å²) in [5.41, 5.74) is 20.1. The first-order chi connectivity index (χ1) is 74.0. The first kappa shape index (κ1) is 100. The van der Waals surface area contributed by atoms with E-state index >= 15 is 0 Å². The van der Waals surface area contributed by atoms with Crippen LogP contribution >= 0.6 is 0 Å². The Labute approximate surface area is 949 Å². The van der Waals surface area contributed by atoms with Crippen LogP contribution in [0.3, 0.4) is 0 Å². The normalized spacial score (nSPS) is 11.3. The van der Waals surface area contributed by atoms with Crippen LogP contribution in [0.5, 0.6) is 57.5 Å². The summed E-state index contributed by atoms with van der Waals surface area (Å²) in [6.07, 6.45) is 7.76. The molecule has 15 nitrogen and oxygen atoms in total. The number of hydrogen-bond donors (Lipinski definition) is 10. The molecule has 0 saturated heterocycles. The molecule has 5 aromatic heterocycles. The fraction of sp³-hybridized carbons (Fsp3) is 0.0472. The molecular formula is C127H106N5O10Pt5-5. The maximum absolute atomic E-state index is 9.58. The van der Waals surface area contributed by atoms with Crippen LogP contribution in [0.1, 0.15) is 49.8 Å². The van der Waals surface area contributed by atoms with Crippen LogP contribution in [0.4, 0.5) is 0 Å². The van der Waals surface area contributed by atoms with Gasteiger partial charge in [0.2, 0.25) is 0 Å². The Kier molecular flexibility index (Phi) is 43.1. The van der Waals surface area contributed by atoms with Crippen molar-refractivity contribution >= 4 is 0 Å². The Hall–Kier alpha value is -15.3. The minimum Gasteiger partial charge on any atom is -0.507 e. The Balaban J connectivity index is 0.000000238. The number of hydrogen-bond acceptors (Lipinski definition) is 15. The number of para-hydroxylation sites is 10. The zero-order valence-electron chi connectivity index (χ0n) is 90.8. The smallest absolute Gasteiger partial charge is 0.123 e. The van der Waals surface area contributed by atoms with Gasteiger partial charge in [0, 0.05) is 208 Å². The summed E-state index contributed by atoms with van der Waals surface area (Å²) in [6.45, 7) is -4.65. The number of rotatable bonds is 11. The van der Waals surface area contributed by atoms with Gasteiger partial charge in [-0.05, 0) is 163 Å². The third-order valence-corrected chi connectivity index (χ3v) is 21.0. The molecule has 0 unspecified atom stereocenters. The SMILES string of the molecule is Cc1ccc(-c2ccnc(-c3[c-]cccc3)c2)cc1.Oc1ccccc1-c1ccccc1O.Oc1ccccc1-c1ccccc1O.Oc1ccccc1-c1ccccc1O.Oc1ccccc1-c1ccccc1O.Oc1ccccc1-c1ccccc1O.[2H]C([2H])([2H])c1c[c-]c(-c2ccc(C([2H])([2H])[2H])cn2)cc1.[2H]C([2H])([2H])c1ccc(-c2[c-]cccc2)nc1.[2H]C([2H])([2H])c1cnc(-c2[c-]cccc2)cc1C.[Pt].[Pt].[Pt].[Pt].[Pt].[c-]1ccccc1-c1ccccn1. The quantitative estimate of drug-likeness (QED) is 0.0540. The van der Waals surface area contributed by atoms with E-state index in [4.69, 9.17) is 16.4 Å². The van der Waals surface area contributed by atoms with Gasteiger partial charge in [-0.2, -0.15) is 0 Å². The molecule has 0 amide bonds. The minimum atomic E-state index is -2.18. The van der Waals surface area contributed by atoms with Crippen LogP contribution in [0.25, 0.3) is 123 Å². The Bertz CT molecular complexity index is 7170. The largest absolute Gasteiger partial charge is 0.507 e. The number of nitrogens with zero attached hydrogens (tertiary/aromatic N) is 5. The van der Waals surface area contributed by atoms with Crippen LogP contribution in [-0.4, -0.2) is 76.0 Å². The Morgan fingerprint density at radius 2 is 0.449 bits per heavy atom. The molecule has 20 heteroatoms. The molecule has 0 fully saturated rings. The first-order valence-electron chi connectivity index (χ1n) is 50.5. The van der Waals surface area contributed by atoms with Crippen LogP contribution in [0, 0.1) is 71.6 Å². The van der Waals surface area contributed by atoms with Gasteiger partial charge in [0.15, 0.2) is 0 Å². The van der Waals surface area contributed by atoms with Crippen molar-refractivity contribution in [3.05, 3.63) is 538 Å². The minimum absolute atomic E-state index is 0. The van der Waals surface area contributed by atoms with Crippen LogP contribution < -0.4 is 0 Å². The molecule has 0 saturated carbocycles. The Morgan fingerprint density at radius 3 is 0.701 bits per heavy atom. The zero-order chi connectivity index (χ0) is 110. The van der Waals surface area contributed by atoms with Gasteiger partial charge < -0.3 is 76.0 Å². The van der Waals surface area contributed by atoms with Crippen molar-refractivity contribution in [1.29, 1.82) is 0 Å². The number of benzene rings is 16. The molecule has 16 aromatic carbocycles. The van der Waals surface area contributed by atoms with Gasteiger partial charge in [0.25, 0.3) is 0 Å². The molecule has 147 heavy (non-hydrogen) atoms. The van der Waals surface area contributed by atoms with Gasteiger partial charge in [-0.3, -0.25) is 0 Å². The van der Waals surface area contributed by atoms with Gasteiger partial charge in [0.05, 0.1) is 0 Å². The van der Waals surface area contributed by atoms with E-state index in [1.165, 1.54) is 53.5 Å². The van der Waals surface area contributed by atoms with Crippen LogP contribution in [0.15, 0.2) is 474 Å². The monoisotopic (exact) mass is 2850 g/mol. The summed E-state index contributed by atoms with van der Waals surface area (Å²) in [5, 5.41) is 95.8. The number of aromatic hydroxyl groups is 10. The maximum Gasteiger partial charge on any atom is 0.123 e. The number of phenolic OH excluding ortho intramolecular Hbond substituents is 10. The zero-order valence-corrected chi connectivity index (χ0v) is 90.2. The molecule has 0 aliphatic carbocycles. The second kappa shape index (κ2) is 63.1. The van der Waals surface area contributed by atoms with Crippen molar-refractivity contribution in [3.8, 4) is 181 Å². The van der Waals surface area contributed by atoms with Gasteiger partial charge >= 0.3 is 0 Å². The summed E-state index contributed by atoms with van der Waals surface area (Å²) >= 11 is 0. The fourth-order valence-corrected chi connectivity index (χ4v) is 13.6. The number of aryl methyl sites for hydroxylation is 6. The summed E-state index contributed by atoms with van der Waals surface area (Å²) in [7, 11) is 0. The molecule has 21 aromatic rings. The molecule has 21 rings (SSSR count). The summed E-state index contributed by atoms with van der Waals surface area (Å²) in [4.78, 5) is 21.0. The molecule has 0 aliphatic heterocycles. The molecule has 0 bridgehead atoms. The third kappa shape index (κ3) is 37.1. The van der Waals surface area contributed by atoms with E-state index in [2.05, 4.69) is 92.5 Å². The van der Waals surface area contributed by atoms with Crippen molar-refractivity contribution in [2.75, 3.05) is 0 Å². The predicted octanol–water partition coefficient (Wildman–Crippen LogP) is 30.1. The summed E-state index contributed by atoms with van der Waals surface area (Å²) in [6, 6.07) is 147. The van der Waals surface area contributed by atoms with E-state index in [0.29, 0.717) is 72.5 Å². The average molecular weight is 2850 g/mol. The summed E-state index contributed by atoms with van der Waals surface area (Å²) in [5.74, 6) is 1.75. The van der Waals surface area contributed by atoms with Crippen molar-refractivity contribution < 1.29 is 173 Å². The molecule has 5 heterocycles. The van der Waals surface area contributed by atoms with Crippen molar-refractivity contribution in [3.63, 3.8) is 0 Å².